The molecule has 2 heterocycles. The molecule has 0 spiro atoms. The second kappa shape index (κ2) is 9.03. The van der Waals surface area contributed by atoms with Crippen LogP contribution in [0.4, 0.5) is 0 Å². The van der Waals surface area contributed by atoms with Crippen molar-refractivity contribution in [3.8, 4) is 0 Å². The van der Waals surface area contributed by atoms with Gasteiger partial charge in [-0.15, -0.1) is 0 Å². The van der Waals surface area contributed by atoms with Crippen molar-refractivity contribution in [2.24, 2.45) is 0 Å². The summed E-state index contributed by atoms with van der Waals surface area (Å²) < 4.78 is 5.62. The number of carbonyl (C=O) groups is 2. The van der Waals surface area contributed by atoms with Crippen LogP contribution in [-0.2, 0) is 14.3 Å². The van der Waals surface area contributed by atoms with Crippen LogP contribution < -0.4 is 0 Å². The molecule has 2 fully saturated rings. The molecular formula is C16H28N2O3. The maximum absolute atomic E-state index is 11.8. The molecule has 0 saturated carbocycles. The fraction of sp³-hybridized carbons (Fsp3) is 0.875. The molecular weight excluding hydrogens is 268 g/mol. The van der Waals surface area contributed by atoms with Crippen molar-refractivity contribution in [2.45, 2.75) is 51.4 Å². The fourth-order valence-electron chi connectivity index (χ4n) is 3.01. The molecule has 2 saturated heterocycles. The summed E-state index contributed by atoms with van der Waals surface area (Å²) in [6.07, 6.45) is 7.75. The van der Waals surface area contributed by atoms with Crippen molar-refractivity contribution in [2.75, 3.05) is 39.4 Å². The molecule has 5 heteroatoms. The Kier molecular flexibility index (Phi) is 7.00. The highest BCUT2D eigenvalue weighted by atomic mass is 16.5. The number of rotatable bonds is 7. The third-order valence-corrected chi connectivity index (χ3v) is 4.32. The van der Waals surface area contributed by atoms with E-state index in [0.717, 1.165) is 58.2 Å². The first-order valence-electron chi connectivity index (χ1n) is 8.40. The zero-order chi connectivity index (χ0) is 14.9. The largest absolute Gasteiger partial charge is 0.380 e. The highest BCUT2D eigenvalue weighted by Gasteiger charge is 2.17. The molecule has 21 heavy (non-hydrogen) atoms. The van der Waals surface area contributed by atoms with Gasteiger partial charge in [0.15, 0.2) is 0 Å². The Morgan fingerprint density at radius 2 is 1.38 bits per heavy atom. The number of ether oxygens (including phenoxy) is 1. The smallest absolute Gasteiger partial charge is 0.222 e. The lowest BCUT2D eigenvalue weighted by Gasteiger charge is -2.26. The van der Waals surface area contributed by atoms with Crippen LogP contribution in [0.15, 0.2) is 0 Å². The van der Waals surface area contributed by atoms with Gasteiger partial charge in [-0.05, 0) is 32.1 Å². The average molecular weight is 296 g/mol. The number of likely N-dealkylation sites (tertiary alicyclic amines) is 2. The van der Waals surface area contributed by atoms with E-state index in [9.17, 15) is 9.59 Å². The quantitative estimate of drug-likeness (QED) is 0.673. The Morgan fingerprint density at radius 1 is 0.762 bits per heavy atom. The normalized spacial score (nSPS) is 20.8. The summed E-state index contributed by atoms with van der Waals surface area (Å²) in [5.74, 6) is 0.562. The standard InChI is InChI=1S/C16H28N2O3/c19-15-8-3-5-10-17(15)11-6-13-21-14-12-18-9-4-1-2-7-16(18)20/h1-14H2. The van der Waals surface area contributed by atoms with Gasteiger partial charge in [-0.2, -0.15) is 0 Å². The van der Waals surface area contributed by atoms with E-state index >= 15 is 0 Å². The van der Waals surface area contributed by atoms with Crippen molar-refractivity contribution in [3.63, 3.8) is 0 Å². The number of hydrogen-bond acceptors (Lipinski definition) is 3. The number of piperidine rings is 1. The average Bonchev–Trinajstić information content (AvgIpc) is 2.69. The van der Waals surface area contributed by atoms with Crippen molar-refractivity contribution < 1.29 is 14.3 Å². The molecule has 0 aromatic heterocycles. The minimum absolute atomic E-state index is 0.273. The Labute approximate surface area is 127 Å². The van der Waals surface area contributed by atoms with Gasteiger partial charge in [0.1, 0.15) is 0 Å². The van der Waals surface area contributed by atoms with Gasteiger partial charge < -0.3 is 14.5 Å². The lowest BCUT2D eigenvalue weighted by Crippen LogP contribution is -2.36. The van der Waals surface area contributed by atoms with E-state index in [1.165, 1.54) is 0 Å². The molecule has 0 unspecified atom stereocenters. The fourth-order valence-corrected chi connectivity index (χ4v) is 3.01. The Hall–Kier alpha value is -1.10. The van der Waals surface area contributed by atoms with E-state index in [2.05, 4.69) is 0 Å². The molecule has 0 bridgehead atoms. The first kappa shape index (κ1) is 16.3. The first-order valence-corrected chi connectivity index (χ1v) is 8.40. The highest BCUT2D eigenvalue weighted by Crippen LogP contribution is 2.11. The zero-order valence-electron chi connectivity index (χ0n) is 13.0. The summed E-state index contributed by atoms with van der Waals surface area (Å²) in [5.41, 5.74) is 0. The maximum atomic E-state index is 11.8. The summed E-state index contributed by atoms with van der Waals surface area (Å²) >= 11 is 0. The zero-order valence-corrected chi connectivity index (χ0v) is 13.0. The van der Waals surface area contributed by atoms with E-state index in [4.69, 9.17) is 4.74 Å². The summed E-state index contributed by atoms with van der Waals surface area (Å²) in [6.45, 7) is 4.58. The molecule has 2 rings (SSSR count). The van der Waals surface area contributed by atoms with E-state index in [1.807, 2.05) is 9.80 Å². The number of hydrogen-bond donors (Lipinski definition) is 0. The Bertz CT molecular complexity index is 346. The number of nitrogens with zero attached hydrogens (tertiary/aromatic N) is 2. The van der Waals surface area contributed by atoms with Gasteiger partial charge in [0.25, 0.3) is 0 Å². The number of amides is 2. The third kappa shape index (κ3) is 5.65. The van der Waals surface area contributed by atoms with Gasteiger partial charge in [0.2, 0.25) is 11.8 Å². The molecule has 0 aromatic rings. The molecule has 2 aliphatic heterocycles. The van der Waals surface area contributed by atoms with Crippen LogP contribution in [0.2, 0.25) is 0 Å². The third-order valence-electron chi connectivity index (χ3n) is 4.32. The van der Waals surface area contributed by atoms with Crippen LogP contribution in [0.1, 0.15) is 51.4 Å². The minimum atomic E-state index is 0.273. The van der Waals surface area contributed by atoms with E-state index in [1.54, 1.807) is 0 Å². The van der Waals surface area contributed by atoms with Gasteiger partial charge in [-0.3, -0.25) is 9.59 Å². The minimum Gasteiger partial charge on any atom is -0.380 e. The molecule has 0 aliphatic carbocycles. The van der Waals surface area contributed by atoms with Crippen LogP contribution in [0, 0.1) is 0 Å². The first-order chi connectivity index (χ1) is 10.3. The molecule has 0 N–H and O–H groups in total. The van der Waals surface area contributed by atoms with Crippen molar-refractivity contribution in [1.29, 1.82) is 0 Å². The van der Waals surface area contributed by atoms with Crippen LogP contribution in [0.5, 0.6) is 0 Å². The Balaban J connectivity index is 1.51. The summed E-state index contributed by atoms with van der Waals surface area (Å²) in [7, 11) is 0. The van der Waals surface area contributed by atoms with Crippen molar-refractivity contribution in [1.82, 2.24) is 9.80 Å². The predicted octanol–water partition coefficient (Wildman–Crippen LogP) is 1.81. The maximum Gasteiger partial charge on any atom is 0.222 e. The highest BCUT2D eigenvalue weighted by molar-refractivity contribution is 5.77. The van der Waals surface area contributed by atoms with Gasteiger partial charge >= 0.3 is 0 Å². The topological polar surface area (TPSA) is 49.9 Å². The monoisotopic (exact) mass is 296 g/mol. The van der Waals surface area contributed by atoms with E-state index < -0.39 is 0 Å². The predicted molar refractivity (Wildman–Crippen MR) is 80.9 cm³/mol. The second-order valence-electron chi connectivity index (χ2n) is 6.00. The lowest BCUT2D eigenvalue weighted by atomic mass is 10.1. The van der Waals surface area contributed by atoms with Crippen LogP contribution in [0.25, 0.3) is 0 Å². The van der Waals surface area contributed by atoms with Crippen molar-refractivity contribution in [3.05, 3.63) is 0 Å². The molecule has 120 valence electrons. The Morgan fingerprint density at radius 3 is 2.14 bits per heavy atom. The van der Waals surface area contributed by atoms with E-state index in [0.29, 0.717) is 32.6 Å². The second-order valence-corrected chi connectivity index (χ2v) is 6.00. The summed E-state index contributed by atoms with van der Waals surface area (Å²) in [4.78, 5) is 27.3. The van der Waals surface area contributed by atoms with Gasteiger partial charge in [0, 0.05) is 45.6 Å². The SMILES string of the molecule is O=C1CCCCN1CCCOCCN1CCCCCC1=O. The molecule has 5 nitrogen and oxygen atoms in total. The van der Waals surface area contributed by atoms with Crippen LogP contribution in [0.3, 0.4) is 0 Å². The van der Waals surface area contributed by atoms with Gasteiger partial charge in [-0.1, -0.05) is 6.42 Å². The lowest BCUT2D eigenvalue weighted by molar-refractivity contribution is -0.134. The molecule has 2 amide bonds. The summed E-state index contributed by atoms with van der Waals surface area (Å²) in [6, 6.07) is 0. The van der Waals surface area contributed by atoms with Gasteiger partial charge in [0.05, 0.1) is 6.61 Å². The van der Waals surface area contributed by atoms with Crippen LogP contribution in [-0.4, -0.2) is 61.0 Å². The molecule has 2 aliphatic rings. The molecule has 0 aromatic carbocycles. The summed E-state index contributed by atoms with van der Waals surface area (Å²) in [5, 5.41) is 0. The van der Waals surface area contributed by atoms with Gasteiger partial charge in [-0.25, -0.2) is 0 Å². The molecule has 0 radical (unpaired) electrons. The van der Waals surface area contributed by atoms with E-state index in [-0.39, 0.29) is 11.8 Å². The number of carbonyl (C=O) groups excluding carboxylic acids is 2. The molecule has 0 atom stereocenters. The van der Waals surface area contributed by atoms with Crippen LogP contribution >= 0.6 is 0 Å². The van der Waals surface area contributed by atoms with Crippen molar-refractivity contribution >= 4 is 11.8 Å².